The van der Waals surface area contributed by atoms with Gasteiger partial charge in [0.25, 0.3) is 0 Å². The molecule has 7 heteroatoms. The molecule has 0 atom stereocenters. The fraction of sp³-hybridized carbons (Fsp3) is 0. The van der Waals surface area contributed by atoms with Gasteiger partial charge >= 0.3 is 225 Å². The van der Waals surface area contributed by atoms with Crippen LogP contribution in [0.3, 0.4) is 0 Å². The first-order chi connectivity index (χ1) is 20.3. The second-order valence-corrected chi connectivity index (χ2v) is 12.3. The van der Waals surface area contributed by atoms with Crippen LogP contribution in [0.1, 0.15) is 16.7 Å². The second kappa shape index (κ2) is 13.7. The monoisotopic (exact) mass is 640 g/mol. The number of benzene rings is 4. The topological polar surface area (TPSA) is 101 Å². The minimum absolute atomic E-state index is 0.219. The van der Waals surface area contributed by atoms with Crippen molar-refractivity contribution >= 4 is 32.1 Å². The molecule has 42 heavy (non-hydrogen) atoms. The zero-order valence-corrected chi connectivity index (χ0v) is 24.7. The molecule has 0 unspecified atom stereocenters. The van der Waals surface area contributed by atoms with Gasteiger partial charge in [-0.2, -0.15) is 0 Å². The van der Waals surface area contributed by atoms with Crippen molar-refractivity contribution in [3.63, 3.8) is 0 Å². The van der Waals surface area contributed by atoms with Crippen molar-refractivity contribution in [1.29, 1.82) is 0 Å². The number of allylic oxidation sites excluding steroid dienone is 3. The Morgan fingerprint density at radius 1 is 0.500 bits per heavy atom. The van der Waals surface area contributed by atoms with Gasteiger partial charge in [-0.1, -0.05) is 0 Å². The Kier molecular flexibility index (Phi) is 9.59. The Morgan fingerprint density at radius 3 is 1.19 bits per heavy atom. The first kappa shape index (κ1) is 29.4. The van der Waals surface area contributed by atoms with Crippen LogP contribution in [0.25, 0.3) is 37.6 Å². The SMILES string of the molecule is C(=C1C=C(c2ccccc2)OC(c2ccccc2)=C1)c1cc(-c2ccccc2)[se+]c(-c2ccccc2)c1.[O-][Cl+3]([O-])([O-])[O-]. The number of ether oxygens (including phenoxy) is 1. The number of hydrogen-bond donors (Lipinski definition) is 0. The molecular formula is C35H25ClO5Se. The molecular weight excluding hydrogens is 615 g/mol. The van der Waals surface area contributed by atoms with Crippen LogP contribution in [0.2, 0.25) is 0 Å². The Hall–Kier alpha value is -4.10. The van der Waals surface area contributed by atoms with E-state index in [1.165, 1.54) is 25.6 Å². The molecule has 2 heterocycles. The maximum absolute atomic E-state index is 8.49. The fourth-order valence-corrected chi connectivity index (χ4v) is 6.76. The Bertz CT molecular complexity index is 1590. The summed E-state index contributed by atoms with van der Waals surface area (Å²) in [6.45, 7) is 0. The predicted molar refractivity (Wildman–Crippen MR) is 157 cm³/mol. The maximum atomic E-state index is 8.49. The van der Waals surface area contributed by atoms with Gasteiger partial charge in [0.15, 0.2) is 0 Å². The van der Waals surface area contributed by atoms with E-state index in [9.17, 15) is 0 Å². The summed E-state index contributed by atoms with van der Waals surface area (Å²) in [5.74, 6) is 1.71. The Balaban J connectivity index is 0.000000652. The largest absolute Gasteiger partial charge is 0.222 e. The summed E-state index contributed by atoms with van der Waals surface area (Å²) in [7, 11) is -4.94. The van der Waals surface area contributed by atoms with Crippen molar-refractivity contribution in [3.05, 3.63) is 168 Å². The van der Waals surface area contributed by atoms with Gasteiger partial charge in [0.05, 0.1) is 0 Å². The van der Waals surface area contributed by atoms with E-state index in [0.29, 0.717) is 0 Å². The molecule has 5 aromatic rings. The average molecular weight is 640 g/mol. The third-order valence-corrected chi connectivity index (χ3v) is 8.60. The van der Waals surface area contributed by atoms with Crippen LogP contribution in [-0.2, 0) is 4.74 Å². The van der Waals surface area contributed by atoms with E-state index in [4.69, 9.17) is 23.4 Å². The molecule has 1 aromatic heterocycles. The van der Waals surface area contributed by atoms with Gasteiger partial charge in [-0.3, -0.25) is 0 Å². The minimum atomic E-state index is -4.94. The van der Waals surface area contributed by atoms with Gasteiger partial charge in [-0.15, -0.1) is 10.2 Å². The molecule has 6 rings (SSSR count). The smallest absolute Gasteiger partial charge is 0.112 e. The quantitative estimate of drug-likeness (QED) is 0.270. The van der Waals surface area contributed by atoms with Crippen molar-refractivity contribution in [1.82, 2.24) is 0 Å². The molecule has 0 aliphatic carbocycles. The standard InChI is InChI=1S/C35H25OSe.ClHO4/c1-5-13-28(14-6-1)32-22-26(23-33(36-32)29-15-7-2-8-16-29)21-27-24-34(30-17-9-3-10-18-30)37-35(25-27)31-19-11-4-12-20-31;2-1(3,4)5/h1-25H;(H,2,3,4,5)/q+1;/p-1. The van der Waals surface area contributed by atoms with E-state index in [1.54, 1.807) is 0 Å². The van der Waals surface area contributed by atoms with E-state index in [-0.39, 0.29) is 14.5 Å². The van der Waals surface area contributed by atoms with Crippen LogP contribution < -0.4 is 18.6 Å². The predicted octanol–water partition coefficient (Wildman–Crippen LogP) is 4.10. The summed E-state index contributed by atoms with van der Waals surface area (Å²) in [6.07, 6.45) is 6.55. The number of hydrogen-bond acceptors (Lipinski definition) is 5. The molecule has 1 aliphatic heterocycles. The first-order valence-electron chi connectivity index (χ1n) is 13.0. The number of halogens is 1. The first-order valence-corrected chi connectivity index (χ1v) is 15.9. The zero-order chi connectivity index (χ0) is 29.4. The molecule has 5 nitrogen and oxygen atoms in total. The van der Waals surface area contributed by atoms with E-state index >= 15 is 0 Å². The summed E-state index contributed by atoms with van der Waals surface area (Å²) in [6, 6.07) is 46.8. The van der Waals surface area contributed by atoms with Gasteiger partial charge in [0, 0.05) is 0 Å². The second-order valence-electron chi connectivity index (χ2n) is 9.22. The zero-order valence-electron chi connectivity index (χ0n) is 22.3. The molecule has 0 spiro atoms. The van der Waals surface area contributed by atoms with Crippen LogP contribution >= 0.6 is 0 Å². The van der Waals surface area contributed by atoms with Crippen LogP contribution in [0.15, 0.2) is 151 Å². The third kappa shape index (κ3) is 8.46. The molecule has 0 radical (unpaired) electrons. The molecule has 0 N–H and O–H groups in total. The van der Waals surface area contributed by atoms with Crippen LogP contribution in [0, 0.1) is 10.2 Å². The van der Waals surface area contributed by atoms with Crippen molar-refractivity contribution in [2.45, 2.75) is 0 Å². The summed E-state index contributed by atoms with van der Waals surface area (Å²) >= 11 is 0.219. The summed E-state index contributed by atoms with van der Waals surface area (Å²) in [4.78, 5) is 0. The van der Waals surface area contributed by atoms with Crippen molar-refractivity contribution in [3.8, 4) is 20.0 Å². The molecule has 0 bridgehead atoms. The van der Waals surface area contributed by atoms with Crippen LogP contribution in [0.4, 0.5) is 0 Å². The fourth-order valence-electron chi connectivity index (χ4n) is 4.38. The van der Waals surface area contributed by atoms with Crippen molar-refractivity contribution < 1.29 is 33.6 Å². The Labute approximate surface area is 252 Å². The van der Waals surface area contributed by atoms with Gasteiger partial charge in [-0.05, 0) is 0 Å². The average Bonchev–Trinajstić information content (AvgIpc) is 3.02. The molecule has 0 fully saturated rings. The van der Waals surface area contributed by atoms with Gasteiger partial charge < -0.3 is 0 Å². The van der Waals surface area contributed by atoms with Crippen LogP contribution in [-0.4, -0.2) is 14.5 Å². The number of rotatable bonds is 5. The van der Waals surface area contributed by atoms with Gasteiger partial charge in [0.1, 0.15) is 0 Å². The molecule has 0 saturated carbocycles. The summed E-state index contributed by atoms with van der Waals surface area (Å²) in [5.41, 5.74) is 7.00. The minimum Gasteiger partial charge on any atom is -0.222 e. The Morgan fingerprint density at radius 2 is 0.833 bits per heavy atom. The van der Waals surface area contributed by atoms with Crippen LogP contribution in [0.5, 0.6) is 0 Å². The normalized spacial score (nSPS) is 12.7. The van der Waals surface area contributed by atoms with E-state index in [0.717, 1.165) is 28.2 Å². The van der Waals surface area contributed by atoms with Crippen molar-refractivity contribution in [2.24, 2.45) is 0 Å². The van der Waals surface area contributed by atoms with Crippen molar-refractivity contribution in [2.75, 3.05) is 0 Å². The van der Waals surface area contributed by atoms with E-state index < -0.39 is 10.2 Å². The van der Waals surface area contributed by atoms with Gasteiger partial charge in [0.2, 0.25) is 0 Å². The molecule has 1 aliphatic rings. The molecule has 208 valence electrons. The summed E-state index contributed by atoms with van der Waals surface area (Å²) in [5, 5.41) is 0. The molecule has 0 saturated heterocycles. The van der Waals surface area contributed by atoms with E-state index in [1.807, 2.05) is 36.4 Å². The maximum Gasteiger partial charge on any atom is -0.112 e. The molecule has 0 amide bonds. The van der Waals surface area contributed by atoms with E-state index in [2.05, 4.69) is 115 Å². The van der Waals surface area contributed by atoms with Gasteiger partial charge in [-0.25, -0.2) is 18.6 Å². The molecule has 4 aromatic carbocycles. The summed E-state index contributed by atoms with van der Waals surface area (Å²) < 4.78 is 43.1. The third-order valence-electron chi connectivity index (χ3n) is 6.20.